The first-order chi connectivity index (χ1) is 21.0. The van der Waals surface area contributed by atoms with Crippen LogP contribution in [0.2, 0.25) is 0 Å². The molecule has 0 aromatic carbocycles. The highest BCUT2D eigenvalue weighted by Gasteiger charge is 2.65. The van der Waals surface area contributed by atoms with Crippen molar-refractivity contribution in [1.29, 1.82) is 0 Å². The fourth-order valence-corrected chi connectivity index (χ4v) is 10.1. The van der Waals surface area contributed by atoms with Crippen molar-refractivity contribution in [2.24, 2.45) is 51.5 Å². The third kappa shape index (κ3) is 7.12. The first-order valence-corrected chi connectivity index (χ1v) is 16.7. The van der Waals surface area contributed by atoms with Crippen molar-refractivity contribution in [2.75, 3.05) is 6.54 Å². The molecule has 0 heterocycles. The second kappa shape index (κ2) is 14.7. The second-order valence-electron chi connectivity index (χ2n) is 14.6. The van der Waals surface area contributed by atoms with Gasteiger partial charge in [-0.25, -0.2) is 0 Å². The number of hydrogen-bond acceptors (Lipinski definition) is 6. The minimum atomic E-state index is -0.774. The molecule has 0 bridgehead atoms. The van der Waals surface area contributed by atoms with Crippen LogP contribution in [0.1, 0.15) is 97.8 Å². The molecule has 0 aromatic heterocycles. The summed E-state index contributed by atoms with van der Waals surface area (Å²) in [7, 11) is 0. The molecule has 244 valence electrons. The van der Waals surface area contributed by atoms with Gasteiger partial charge in [-0.3, -0.25) is 9.59 Å². The van der Waals surface area contributed by atoms with Gasteiger partial charge in [-0.2, -0.15) is 0 Å². The van der Waals surface area contributed by atoms with Crippen LogP contribution in [0.25, 0.3) is 10.4 Å². The van der Waals surface area contributed by atoms with E-state index in [1.54, 1.807) is 0 Å². The molecule has 4 aliphatic rings. The maximum atomic E-state index is 12.6. The first-order valence-electron chi connectivity index (χ1n) is 16.7. The molecule has 0 aromatic rings. The zero-order valence-electron chi connectivity index (χ0n) is 26.7. The molecular formula is C34H53N5O5. The van der Waals surface area contributed by atoms with E-state index in [0.29, 0.717) is 36.5 Å². The number of carbonyl (C=O) groups is 2. The van der Waals surface area contributed by atoms with Gasteiger partial charge in [0.1, 0.15) is 6.17 Å². The molecule has 0 saturated heterocycles. The lowest BCUT2D eigenvalue weighted by Crippen LogP contribution is -2.64. The molecule has 4 saturated carbocycles. The van der Waals surface area contributed by atoms with E-state index in [1.165, 1.54) is 6.08 Å². The van der Waals surface area contributed by atoms with Gasteiger partial charge in [0.05, 0.1) is 18.3 Å². The molecule has 12 unspecified atom stereocenters. The standard InChI is InChI=1S/C34H53N5O5/c1-5-9-27(38-29(42)12-8-19-36-39-35)37-28(41)11-7-6-10-21(2)23-13-14-24-30-25(16-18-33(23,24)3)34(4)17-15-22(40)20-26(34)31(43)32(30)44/h1,7,11,21-27,30-32,40,43-44H,6,8-10,12-20H2,2-4H3,(H,37,41)(H,38,42)/b11-7+. The molecule has 2 amide bonds. The average molecular weight is 612 g/mol. The number of terminal acetylenes is 1. The predicted octanol–water partition coefficient (Wildman–Crippen LogP) is 4.59. The summed E-state index contributed by atoms with van der Waals surface area (Å²) < 4.78 is 0. The van der Waals surface area contributed by atoms with Crippen LogP contribution in [0, 0.1) is 58.7 Å². The number of amides is 2. The quantitative estimate of drug-likeness (QED) is 0.0413. The van der Waals surface area contributed by atoms with Gasteiger partial charge in [0.2, 0.25) is 11.8 Å². The first kappa shape index (κ1) is 34.3. The van der Waals surface area contributed by atoms with Crippen LogP contribution in [0.4, 0.5) is 0 Å². The van der Waals surface area contributed by atoms with Gasteiger partial charge >= 0.3 is 0 Å². The highest BCUT2D eigenvalue weighted by atomic mass is 16.3. The average Bonchev–Trinajstić information content (AvgIpc) is 3.34. The summed E-state index contributed by atoms with van der Waals surface area (Å²) in [4.78, 5) is 27.4. The van der Waals surface area contributed by atoms with Crippen molar-refractivity contribution >= 4 is 11.8 Å². The summed E-state index contributed by atoms with van der Waals surface area (Å²) in [6, 6.07) is 0. The molecule has 44 heavy (non-hydrogen) atoms. The Morgan fingerprint density at radius 1 is 1.07 bits per heavy atom. The number of allylic oxidation sites excluding steroid dienone is 1. The van der Waals surface area contributed by atoms with Crippen molar-refractivity contribution in [3.05, 3.63) is 22.6 Å². The van der Waals surface area contributed by atoms with Crippen molar-refractivity contribution in [3.8, 4) is 12.3 Å². The molecule has 0 aliphatic heterocycles. The minimum Gasteiger partial charge on any atom is -0.393 e. The van der Waals surface area contributed by atoms with E-state index >= 15 is 0 Å². The van der Waals surface area contributed by atoms with Crippen molar-refractivity contribution in [2.45, 2.75) is 122 Å². The number of aliphatic hydroxyl groups is 3. The fraction of sp³-hybridized carbons (Fsp3) is 0.824. The highest BCUT2D eigenvalue weighted by molar-refractivity contribution is 5.88. The van der Waals surface area contributed by atoms with Gasteiger partial charge < -0.3 is 26.0 Å². The molecule has 4 fully saturated rings. The Morgan fingerprint density at radius 2 is 1.80 bits per heavy atom. The molecule has 5 N–H and O–H groups in total. The van der Waals surface area contributed by atoms with Gasteiger partial charge in [-0.05, 0) is 122 Å². The zero-order chi connectivity index (χ0) is 32.1. The Labute approximate surface area is 262 Å². The van der Waals surface area contributed by atoms with Gasteiger partial charge in [-0.15, -0.1) is 12.3 Å². The lowest BCUT2D eigenvalue weighted by atomic mass is 9.43. The van der Waals surface area contributed by atoms with Gasteiger partial charge in [0.25, 0.3) is 0 Å². The van der Waals surface area contributed by atoms with E-state index in [9.17, 15) is 24.9 Å². The minimum absolute atomic E-state index is 0.0337. The fourth-order valence-electron chi connectivity index (χ4n) is 10.1. The molecule has 4 rings (SSSR count). The Bertz CT molecular complexity index is 1150. The topological polar surface area (TPSA) is 168 Å². The molecule has 12 atom stereocenters. The molecule has 4 aliphatic carbocycles. The Balaban J connectivity index is 1.30. The summed E-state index contributed by atoms with van der Waals surface area (Å²) in [6.45, 7) is 7.27. The Morgan fingerprint density at radius 3 is 2.52 bits per heavy atom. The maximum Gasteiger partial charge on any atom is 0.245 e. The van der Waals surface area contributed by atoms with Gasteiger partial charge in [0, 0.05) is 24.3 Å². The Hall–Kier alpha value is -2.57. The van der Waals surface area contributed by atoms with Crippen molar-refractivity contribution in [1.82, 2.24) is 10.6 Å². The van der Waals surface area contributed by atoms with Crippen LogP contribution in [0.3, 0.4) is 0 Å². The number of hydrogen-bond donors (Lipinski definition) is 5. The summed E-state index contributed by atoms with van der Waals surface area (Å²) in [5.41, 5.74) is 8.42. The van der Waals surface area contributed by atoms with E-state index < -0.39 is 18.4 Å². The zero-order valence-corrected chi connectivity index (χ0v) is 26.7. The normalized spacial score (nSPS) is 39.1. The molecule has 0 spiro atoms. The number of azide groups is 1. The van der Waals surface area contributed by atoms with Crippen LogP contribution in [-0.4, -0.2) is 58.2 Å². The third-order valence-corrected chi connectivity index (χ3v) is 12.2. The van der Waals surface area contributed by atoms with Crippen molar-refractivity contribution in [3.63, 3.8) is 0 Å². The number of nitrogens with one attached hydrogen (secondary N) is 2. The van der Waals surface area contributed by atoms with Crippen LogP contribution in [0.5, 0.6) is 0 Å². The largest absolute Gasteiger partial charge is 0.393 e. The lowest BCUT2D eigenvalue weighted by molar-refractivity contribution is -0.223. The predicted molar refractivity (Wildman–Crippen MR) is 168 cm³/mol. The number of fused-ring (bicyclic) bond motifs is 5. The SMILES string of the molecule is C#CCC(NC(=O)/C=C/CCC(C)C1CCC2C3C(O)C(O)C4CC(O)CCC4(C)C3CCC12C)NC(=O)CCCN=[N+]=[N-]. The Kier molecular flexibility index (Phi) is 11.4. The molecule has 10 heteroatoms. The van der Waals surface area contributed by atoms with Crippen LogP contribution >= 0.6 is 0 Å². The summed E-state index contributed by atoms with van der Waals surface area (Å²) in [5, 5.41) is 42.0. The van der Waals surface area contributed by atoms with Crippen LogP contribution < -0.4 is 10.6 Å². The van der Waals surface area contributed by atoms with E-state index in [-0.39, 0.29) is 60.0 Å². The van der Waals surface area contributed by atoms with E-state index in [0.717, 1.165) is 51.4 Å². The van der Waals surface area contributed by atoms with Gasteiger partial charge in [-0.1, -0.05) is 32.0 Å². The van der Waals surface area contributed by atoms with E-state index in [4.69, 9.17) is 12.0 Å². The number of nitrogens with zero attached hydrogens (tertiary/aromatic N) is 3. The van der Waals surface area contributed by atoms with Gasteiger partial charge in [0.15, 0.2) is 0 Å². The van der Waals surface area contributed by atoms with E-state index in [2.05, 4.69) is 47.4 Å². The van der Waals surface area contributed by atoms with E-state index in [1.807, 2.05) is 6.08 Å². The van der Waals surface area contributed by atoms with Crippen LogP contribution in [-0.2, 0) is 9.59 Å². The molecule has 10 nitrogen and oxygen atoms in total. The number of aliphatic hydroxyl groups excluding tert-OH is 3. The van der Waals surface area contributed by atoms with Crippen molar-refractivity contribution < 1.29 is 24.9 Å². The lowest BCUT2D eigenvalue weighted by Gasteiger charge is -2.63. The smallest absolute Gasteiger partial charge is 0.245 e. The summed E-state index contributed by atoms with van der Waals surface area (Å²) >= 11 is 0. The number of carbonyl (C=O) groups excluding carboxylic acids is 2. The molecular weight excluding hydrogens is 558 g/mol. The summed E-state index contributed by atoms with van der Waals surface area (Å²) in [6.07, 6.45) is 15.4. The second-order valence-corrected chi connectivity index (χ2v) is 14.6. The molecule has 0 radical (unpaired) electrons. The number of rotatable bonds is 12. The monoisotopic (exact) mass is 611 g/mol. The van der Waals surface area contributed by atoms with Crippen LogP contribution in [0.15, 0.2) is 17.3 Å². The summed E-state index contributed by atoms with van der Waals surface area (Å²) in [5.74, 6) is 3.69. The third-order valence-electron chi connectivity index (χ3n) is 12.2. The highest BCUT2D eigenvalue weighted by Crippen LogP contribution is 2.68. The maximum absolute atomic E-state index is 12.6.